The molecule has 30 heavy (non-hydrogen) atoms. The Bertz CT molecular complexity index is 1170. The number of ether oxygens (including phenoxy) is 2. The van der Waals surface area contributed by atoms with Crippen LogP contribution in [-0.4, -0.2) is 38.3 Å². The van der Waals surface area contributed by atoms with E-state index in [9.17, 15) is 4.39 Å². The molecule has 0 aliphatic rings. The van der Waals surface area contributed by atoms with Crippen molar-refractivity contribution in [1.29, 1.82) is 0 Å². The SMILES string of the molecule is CCc1ccc(Oc2ccnc3cc(F)c(OCCO)cc23)c(-c2ncccn2)n1. The van der Waals surface area contributed by atoms with Crippen molar-refractivity contribution in [1.82, 2.24) is 19.9 Å². The molecule has 0 amide bonds. The zero-order valence-corrected chi connectivity index (χ0v) is 16.2. The Morgan fingerprint density at radius 3 is 2.57 bits per heavy atom. The number of pyridine rings is 2. The lowest BCUT2D eigenvalue weighted by Gasteiger charge is -2.13. The molecule has 3 heterocycles. The van der Waals surface area contributed by atoms with Crippen LogP contribution in [-0.2, 0) is 6.42 Å². The quantitative estimate of drug-likeness (QED) is 0.497. The summed E-state index contributed by atoms with van der Waals surface area (Å²) in [6.45, 7) is 1.78. The predicted molar refractivity (Wildman–Crippen MR) is 109 cm³/mol. The molecule has 0 saturated carbocycles. The Balaban J connectivity index is 1.79. The summed E-state index contributed by atoms with van der Waals surface area (Å²) in [7, 11) is 0. The smallest absolute Gasteiger partial charge is 0.181 e. The van der Waals surface area contributed by atoms with Gasteiger partial charge < -0.3 is 14.6 Å². The lowest BCUT2D eigenvalue weighted by Crippen LogP contribution is -2.03. The number of benzene rings is 1. The molecule has 1 N–H and O–H groups in total. The van der Waals surface area contributed by atoms with E-state index in [1.54, 1.807) is 24.5 Å². The van der Waals surface area contributed by atoms with Gasteiger partial charge in [-0.25, -0.2) is 19.3 Å². The highest BCUT2D eigenvalue weighted by Gasteiger charge is 2.16. The van der Waals surface area contributed by atoms with Crippen LogP contribution in [0.2, 0.25) is 0 Å². The van der Waals surface area contributed by atoms with Crippen molar-refractivity contribution < 1.29 is 19.0 Å². The van der Waals surface area contributed by atoms with Gasteiger partial charge in [0.05, 0.1) is 12.1 Å². The summed E-state index contributed by atoms with van der Waals surface area (Å²) in [6.07, 6.45) is 5.57. The average Bonchev–Trinajstić information content (AvgIpc) is 2.79. The molecule has 0 bridgehead atoms. The third kappa shape index (κ3) is 4.04. The molecule has 3 aromatic heterocycles. The summed E-state index contributed by atoms with van der Waals surface area (Å²) < 4.78 is 25.7. The molecule has 4 rings (SSSR count). The Kier molecular flexibility index (Phi) is 5.76. The largest absolute Gasteiger partial charge is 0.488 e. The molecule has 0 atom stereocenters. The van der Waals surface area contributed by atoms with Crippen molar-refractivity contribution in [3.8, 4) is 28.8 Å². The summed E-state index contributed by atoms with van der Waals surface area (Å²) in [5.74, 6) is 0.817. The Morgan fingerprint density at radius 1 is 0.967 bits per heavy atom. The molecular formula is C22H19FN4O3. The number of nitrogens with zero attached hydrogens (tertiary/aromatic N) is 4. The van der Waals surface area contributed by atoms with Crippen LogP contribution in [0.15, 0.2) is 55.0 Å². The van der Waals surface area contributed by atoms with Crippen LogP contribution in [0, 0.1) is 5.82 Å². The second-order valence-electron chi connectivity index (χ2n) is 6.36. The maximum Gasteiger partial charge on any atom is 0.181 e. The highest BCUT2D eigenvalue weighted by molar-refractivity contribution is 5.86. The fourth-order valence-electron chi connectivity index (χ4n) is 2.94. The molecule has 0 aliphatic carbocycles. The van der Waals surface area contributed by atoms with Crippen molar-refractivity contribution in [3.63, 3.8) is 0 Å². The van der Waals surface area contributed by atoms with Gasteiger partial charge in [-0.3, -0.25) is 4.98 Å². The molecule has 0 saturated heterocycles. The fraction of sp³-hybridized carbons (Fsp3) is 0.182. The molecule has 0 fully saturated rings. The number of aliphatic hydroxyl groups is 1. The second kappa shape index (κ2) is 8.79. The van der Waals surface area contributed by atoms with Gasteiger partial charge in [0, 0.05) is 35.7 Å². The van der Waals surface area contributed by atoms with E-state index in [0.717, 1.165) is 12.1 Å². The normalized spacial score (nSPS) is 10.9. The third-order valence-electron chi connectivity index (χ3n) is 4.38. The van der Waals surface area contributed by atoms with Gasteiger partial charge in [0.1, 0.15) is 12.4 Å². The molecule has 1 aromatic carbocycles. The van der Waals surface area contributed by atoms with Crippen molar-refractivity contribution in [2.75, 3.05) is 13.2 Å². The fourth-order valence-corrected chi connectivity index (χ4v) is 2.94. The zero-order valence-electron chi connectivity index (χ0n) is 16.2. The molecule has 0 radical (unpaired) electrons. The van der Waals surface area contributed by atoms with Crippen molar-refractivity contribution >= 4 is 10.9 Å². The van der Waals surface area contributed by atoms with E-state index in [-0.39, 0.29) is 19.0 Å². The standard InChI is InChI=1S/C22H19FN4O3/c1-2-14-4-5-19(21(27-14)22-25-7-3-8-26-22)30-18-6-9-24-17-13-16(23)20(12-15(17)18)29-11-10-28/h3-9,12-13,28H,2,10-11H2,1H3. The summed E-state index contributed by atoms with van der Waals surface area (Å²) >= 11 is 0. The number of fused-ring (bicyclic) bond motifs is 1. The van der Waals surface area contributed by atoms with Gasteiger partial charge in [0.25, 0.3) is 0 Å². The number of rotatable bonds is 7. The van der Waals surface area contributed by atoms with Crippen molar-refractivity contribution in [3.05, 3.63) is 66.5 Å². The molecular weight excluding hydrogens is 387 g/mol. The number of hydrogen-bond donors (Lipinski definition) is 1. The van der Waals surface area contributed by atoms with Crippen LogP contribution in [0.1, 0.15) is 12.6 Å². The minimum absolute atomic E-state index is 0.0143. The van der Waals surface area contributed by atoms with Crippen LogP contribution in [0.3, 0.4) is 0 Å². The third-order valence-corrected chi connectivity index (χ3v) is 4.38. The van der Waals surface area contributed by atoms with Gasteiger partial charge in [-0.15, -0.1) is 0 Å². The second-order valence-corrected chi connectivity index (χ2v) is 6.36. The maximum absolute atomic E-state index is 14.3. The molecule has 8 heteroatoms. The first-order chi connectivity index (χ1) is 14.7. The van der Waals surface area contributed by atoms with E-state index >= 15 is 0 Å². The van der Waals surface area contributed by atoms with E-state index in [0.29, 0.717) is 33.9 Å². The molecule has 0 unspecified atom stereocenters. The first-order valence-electron chi connectivity index (χ1n) is 9.46. The van der Waals surface area contributed by atoms with Crippen molar-refractivity contribution in [2.45, 2.75) is 13.3 Å². The minimum atomic E-state index is -0.562. The van der Waals surface area contributed by atoms with Crippen LogP contribution >= 0.6 is 0 Å². The number of aliphatic hydroxyl groups excluding tert-OH is 1. The van der Waals surface area contributed by atoms with Gasteiger partial charge in [0.15, 0.2) is 28.8 Å². The van der Waals surface area contributed by atoms with E-state index in [2.05, 4.69) is 19.9 Å². The highest BCUT2D eigenvalue weighted by atomic mass is 19.1. The zero-order chi connectivity index (χ0) is 20.9. The lowest BCUT2D eigenvalue weighted by atomic mass is 10.2. The molecule has 0 aliphatic heterocycles. The van der Waals surface area contributed by atoms with Crippen LogP contribution in [0.25, 0.3) is 22.4 Å². The van der Waals surface area contributed by atoms with Gasteiger partial charge in [0.2, 0.25) is 0 Å². The Hall–Kier alpha value is -3.65. The maximum atomic E-state index is 14.3. The lowest BCUT2D eigenvalue weighted by molar-refractivity contribution is 0.196. The van der Waals surface area contributed by atoms with Gasteiger partial charge >= 0.3 is 0 Å². The summed E-state index contributed by atoms with van der Waals surface area (Å²) in [4.78, 5) is 17.4. The predicted octanol–water partition coefficient (Wildman–Crippen LogP) is 3.95. The van der Waals surface area contributed by atoms with E-state index in [4.69, 9.17) is 14.6 Å². The number of hydrogen-bond acceptors (Lipinski definition) is 7. The summed E-state index contributed by atoms with van der Waals surface area (Å²) in [5, 5.41) is 9.52. The van der Waals surface area contributed by atoms with Crippen LogP contribution in [0.5, 0.6) is 17.2 Å². The monoisotopic (exact) mass is 406 g/mol. The van der Waals surface area contributed by atoms with Gasteiger partial charge in [-0.2, -0.15) is 0 Å². The van der Waals surface area contributed by atoms with E-state index in [1.165, 1.54) is 18.3 Å². The number of aryl methyl sites for hydroxylation is 1. The molecule has 4 aromatic rings. The first-order valence-corrected chi connectivity index (χ1v) is 9.46. The van der Waals surface area contributed by atoms with E-state index < -0.39 is 5.82 Å². The Labute approximate surface area is 172 Å². The summed E-state index contributed by atoms with van der Waals surface area (Å²) in [5.41, 5.74) is 1.81. The van der Waals surface area contributed by atoms with Crippen molar-refractivity contribution in [2.24, 2.45) is 0 Å². The highest BCUT2D eigenvalue weighted by Crippen LogP contribution is 2.36. The average molecular weight is 406 g/mol. The van der Waals surface area contributed by atoms with Crippen LogP contribution in [0.4, 0.5) is 4.39 Å². The van der Waals surface area contributed by atoms with E-state index in [1.807, 2.05) is 19.1 Å². The molecule has 0 spiro atoms. The van der Waals surface area contributed by atoms with Crippen LogP contribution < -0.4 is 9.47 Å². The number of halogens is 1. The molecule has 152 valence electrons. The number of aromatic nitrogens is 4. The minimum Gasteiger partial charge on any atom is -0.488 e. The van der Waals surface area contributed by atoms with Gasteiger partial charge in [-0.1, -0.05) is 6.92 Å². The van der Waals surface area contributed by atoms with Gasteiger partial charge in [-0.05, 0) is 36.8 Å². The first kappa shape index (κ1) is 19.7. The summed E-state index contributed by atoms with van der Waals surface area (Å²) in [6, 6.07) is 9.88. The molecule has 7 nitrogen and oxygen atoms in total. The topological polar surface area (TPSA) is 90.2 Å². The Morgan fingerprint density at radius 2 is 1.80 bits per heavy atom.